The molecule has 3 N–H and O–H groups in total. The number of hydrogen-bond donors (Lipinski definition) is 3. The number of benzene rings is 1. The van der Waals surface area contributed by atoms with Gasteiger partial charge in [-0.05, 0) is 44.1 Å². The Morgan fingerprint density at radius 1 is 1.19 bits per heavy atom. The fourth-order valence-electron chi connectivity index (χ4n) is 3.73. The van der Waals surface area contributed by atoms with Crippen LogP contribution in [-0.2, 0) is 0 Å². The third kappa shape index (κ3) is 3.10. The van der Waals surface area contributed by atoms with Gasteiger partial charge in [0.25, 0.3) is 11.8 Å². The maximum atomic E-state index is 12.5. The Kier molecular flexibility index (Phi) is 4.46. The Morgan fingerprint density at radius 2 is 2.00 bits per heavy atom. The number of H-pyrrole nitrogens is 1. The van der Waals surface area contributed by atoms with Crippen LogP contribution >= 0.6 is 0 Å². The monoisotopic (exact) mass is 354 g/mol. The molecule has 7 nitrogen and oxygen atoms in total. The summed E-state index contributed by atoms with van der Waals surface area (Å²) >= 11 is 0. The molecule has 2 aliphatic rings. The molecule has 0 bridgehead atoms. The van der Waals surface area contributed by atoms with Crippen LogP contribution in [0.15, 0.2) is 18.2 Å². The summed E-state index contributed by atoms with van der Waals surface area (Å²) in [6, 6.07) is 5.16. The highest BCUT2D eigenvalue weighted by Gasteiger charge is 2.26. The second kappa shape index (κ2) is 6.92. The van der Waals surface area contributed by atoms with Crippen LogP contribution in [-0.4, -0.2) is 60.2 Å². The molecule has 2 amide bonds. The maximum Gasteiger partial charge on any atom is 0.268 e. The van der Waals surface area contributed by atoms with E-state index in [9.17, 15) is 14.4 Å². The highest BCUT2D eigenvalue weighted by molar-refractivity contribution is 6.18. The van der Waals surface area contributed by atoms with Crippen molar-refractivity contribution in [2.24, 2.45) is 0 Å². The zero-order valence-corrected chi connectivity index (χ0v) is 14.6. The number of likely N-dealkylation sites (tertiary alicyclic amines) is 1. The van der Waals surface area contributed by atoms with Crippen LogP contribution in [0.3, 0.4) is 0 Å². The summed E-state index contributed by atoms with van der Waals surface area (Å²) in [5.41, 5.74) is 1.86. The lowest BCUT2D eigenvalue weighted by molar-refractivity contribution is 0.0941. The Balaban J connectivity index is 1.55. The van der Waals surface area contributed by atoms with Crippen molar-refractivity contribution < 1.29 is 14.4 Å². The van der Waals surface area contributed by atoms with Crippen molar-refractivity contribution >= 4 is 28.5 Å². The largest absolute Gasteiger partial charge is 0.351 e. The van der Waals surface area contributed by atoms with E-state index in [-0.39, 0.29) is 29.7 Å². The third-order valence-electron chi connectivity index (χ3n) is 5.12. The molecule has 7 heteroatoms. The quantitative estimate of drug-likeness (QED) is 0.772. The first-order chi connectivity index (χ1) is 12.6. The van der Waals surface area contributed by atoms with Crippen LogP contribution < -0.4 is 10.6 Å². The fraction of sp³-hybridized carbons (Fsp3) is 0.421. The fourth-order valence-corrected chi connectivity index (χ4v) is 3.73. The number of carbonyl (C=O) groups is 3. The summed E-state index contributed by atoms with van der Waals surface area (Å²) in [5, 5.41) is 6.28. The molecule has 26 heavy (non-hydrogen) atoms. The van der Waals surface area contributed by atoms with E-state index in [2.05, 4.69) is 20.5 Å². The van der Waals surface area contributed by atoms with Crippen LogP contribution in [0.1, 0.15) is 50.5 Å². The van der Waals surface area contributed by atoms with Crippen molar-refractivity contribution in [1.29, 1.82) is 0 Å². The third-order valence-corrected chi connectivity index (χ3v) is 5.12. The zero-order valence-electron chi connectivity index (χ0n) is 14.6. The Bertz CT molecular complexity index is 880. The number of amides is 2. The molecule has 3 heterocycles. The van der Waals surface area contributed by atoms with Crippen molar-refractivity contribution in [3.05, 3.63) is 35.0 Å². The van der Waals surface area contributed by atoms with Gasteiger partial charge in [-0.3, -0.25) is 14.4 Å². The van der Waals surface area contributed by atoms with E-state index in [1.807, 2.05) is 0 Å². The number of Topliss-reactive ketones (excluding diaryl/α,β-unsaturated/α-hetero) is 1. The highest BCUT2D eigenvalue weighted by atomic mass is 16.2. The summed E-state index contributed by atoms with van der Waals surface area (Å²) in [6.07, 6.45) is 2.72. The van der Waals surface area contributed by atoms with Gasteiger partial charge in [0, 0.05) is 42.5 Å². The molecule has 1 fully saturated rings. The molecule has 0 radical (unpaired) electrons. The first kappa shape index (κ1) is 16.8. The molecule has 1 saturated heterocycles. The summed E-state index contributed by atoms with van der Waals surface area (Å²) < 4.78 is 0. The zero-order chi connectivity index (χ0) is 18.1. The lowest BCUT2D eigenvalue weighted by atomic mass is 10.0. The lowest BCUT2D eigenvalue weighted by Crippen LogP contribution is -2.33. The van der Waals surface area contributed by atoms with Crippen molar-refractivity contribution in [3.8, 4) is 0 Å². The Morgan fingerprint density at radius 3 is 2.81 bits per heavy atom. The number of carbonyl (C=O) groups excluding carboxylic acids is 3. The molecule has 0 aliphatic carbocycles. The predicted molar refractivity (Wildman–Crippen MR) is 97.6 cm³/mol. The lowest BCUT2D eigenvalue weighted by Gasteiger charge is -2.14. The number of hydrogen-bond acceptors (Lipinski definition) is 4. The molecule has 1 aromatic carbocycles. The average Bonchev–Trinajstić information content (AvgIpc) is 3.25. The topological polar surface area (TPSA) is 94.3 Å². The summed E-state index contributed by atoms with van der Waals surface area (Å²) in [5.74, 6) is -0.526. The Hall–Kier alpha value is -2.67. The minimum absolute atomic E-state index is 0.0869. The van der Waals surface area contributed by atoms with Gasteiger partial charge in [-0.25, -0.2) is 0 Å². The highest BCUT2D eigenvalue weighted by Crippen LogP contribution is 2.26. The van der Waals surface area contributed by atoms with Gasteiger partial charge in [-0.1, -0.05) is 0 Å². The van der Waals surface area contributed by atoms with E-state index in [0.29, 0.717) is 35.1 Å². The number of nitrogens with zero attached hydrogens (tertiary/aromatic N) is 1. The van der Waals surface area contributed by atoms with E-state index in [4.69, 9.17) is 0 Å². The molecular weight excluding hydrogens is 332 g/mol. The van der Waals surface area contributed by atoms with Gasteiger partial charge in [0.1, 0.15) is 5.69 Å². The molecule has 0 atom stereocenters. The van der Waals surface area contributed by atoms with Gasteiger partial charge in [0.2, 0.25) is 0 Å². The van der Waals surface area contributed by atoms with E-state index in [1.54, 1.807) is 18.2 Å². The van der Waals surface area contributed by atoms with Crippen LogP contribution in [0, 0.1) is 0 Å². The second-order valence-electron chi connectivity index (χ2n) is 6.87. The van der Waals surface area contributed by atoms with E-state index < -0.39 is 0 Å². The summed E-state index contributed by atoms with van der Waals surface area (Å²) in [6.45, 7) is 3.98. The number of ketones is 1. The number of aromatic amines is 1. The van der Waals surface area contributed by atoms with Crippen LogP contribution in [0.2, 0.25) is 0 Å². The van der Waals surface area contributed by atoms with Gasteiger partial charge in [-0.2, -0.15) is 0 Å². The van der Waals surface area contributed by atoms with E-state index in [1.165, 1.54) is 12.8 Å². The molecular formula is C19H22N4O3. The minimum atomic E-state index is -0.279. The van der Waals surface area contributed by atoms with Crippen molar-refractivity contribution in [3.63, 3.8) is 0 Å². The molecule has 0 saturated carbocycles. The van der Waals surface area contributed by atoms with Crippen molar-refractivity contribution in [2.45, 2.75) is 19.3 Å². The molecule has 4 rings (SSSR count). The number of nitrogens with one attached hydrogen (secondary N) is 3. The van der Waals surface area contributed by atoms with Gasteiger partial charge in [-0.15, -0.1) is 0 Å². The van der Waals surface area contributed by atoms with Gasteiger partial charge < -0.3 is 20.5 Å². The van der Waals surface area contributed by atoms with Crippen molar-refractivity contribution in [1.82, 2.24) is 20.5 Å². The molecule has 0 spiro atoms. The number of fused-ring (bicyclic) bond motifs is 3. The van der Waals surface area contributed by atoms with Crippen molar-refractivity contribution in [2.75, 3.05) is 32.7 Å². The Labute approximate surface area is 151 Å². The van der Waals surface area contributed by atoms with E-state index in [0.717, 1.165) is 19.6 Å². The second-order valence-corrected chi connectivity index (χ2v) is 6.87. The van der Waals surface area contributed by atoms with Crippen LogP contribution in [0.4, 0.5) is 0 Å². The molecule has 2 aliphatic heterocycles. The number of rotatable bonds is 4. The smallest absolute Gasteiger partial charge is 0.268 e. The summed E-state index contributed by atoms with van der Waals surface area (Å²) in [7, 11) is 0. The SMILES string of the molecule is O=C(NCCN1CCCC1)c1ccc2[nH]c3c(c2c1)C(=O)CCNC3=O. The van der Waals surface area contributed by atoms with Crippen LogP contribution in [0.25, 0.3) is 10.9 Å². The molecule has 1 aromatic heterocycles. The van der Waals surface area contributed by atoms with Gasteiger partial charge >= 0.3 is 0 Å². The summed E-state index contributed by atoms with van der Waals surface area (Å²) in [4.78, 5) is 42.3. The minimum Gasteiger partial charge on any atom is -0.351 e. The maximum absolute atomic E-state index is 12.5. The molecule has 0 unspecified atom stereocenters. The molecule has 136 valence electrons. The molecule has 2 aromatic rings. The first-order valence-electron chi connectivity index (χ1n) is 9.11. The standard InChI is InChI=1S/C19H22N4O3/c24-15-5-6-20-19(26)17-16(15)13-11-12(3-4-14(13)22-17)18(25)21-7-10-23-8-1-2-9-23/h3-4,11,22H,1-2,5-10H2,(H,20,26)(H,21,25). The van der Waals surface area contributed by atoms with Gasteiger partial charge in [0.15, 0.2) is 5.78 Å². The van der Waals surface area contributed by atoms with Gasteiger partial charge in [0.05, 0.1) is 5.56 Å². The first-order valence-corrected chi connectivity index (χ1v) is 9.11. The van der Waals surface area contributed by atoms with Crippen LogP contribution in [0.5, 0.6) is 0 Å². The predicted octanol–water partition coefficient (Wildman–Crippen LogP) is 1.31. The number of aromatic nitrogens is 1. The van der Waals surface area contributed by atoms with E-state index >= 15 is 0 Å². The normalized spacial score (nSPS) is 17.8. The average molecular weight is 354 g/mol.